The standard InChI is InChI=1S/C14H21N3O4/c1-11(2)9-16-14(18)10-15-7-8-21-13-5-3-12(4-6-13)17(19)20/h3-6,11,15H,7-10H2,1-2H3,(H,16,18). The van der Waals surface area contributed by atoms with E-state index >= 15 is 0 Å². The molecule has 0 saturated heterocycles. The van der Waals surface area contributed by atoms with E-state index in [0.717, 1.165) is 0 Å². The summed E-state index contributed by atoms with van der Waals surface area (Å²) in [4.78, 5) is 21.4. The summed E-state index contributed by atoms with van der Waals surface area (Å²) in [5.41, 5.74) is 0.0299. The van der Waals surface area contributed by atoms with Crippen LogP contribution in [0.5, 0.6) is 5.75 Å². The third-order valence-corrected chi connectivity index (χ3v) is 2.59. The molecule has 116 valence electrons. The fourth-order valence-corrected chi connectivity index (χ4v) is 1.49. The number of carbonyl (C=O) groups excluding carboxylic acids is 1. The number of nitro groups is 1. The van der Waals surface area contributed by atoms with Crippen LogP contribution in [0.3, 0.4) is 0 Å². The molecule has 0 unspecified atom stereocenters. The summed E-state index contributed by atoms with van der Waals surface area (Å²) in [6, 6.07) is 5.88. The Morgan fingerprint density at radius 3 is 2.57 bits per heavy atom. The van der Waals surface area contributed by atoms with Gasteiger partial charge >= 0.3 is 0 Å². The minimum atomic E-state index is -0.457. The van der Waals surface area contributed by atoms with Gasteiger partial charge in [0.15, 0.2) is 0 Å². The van der Waals surface area contributed by atoms with Gasteiger partial charge in [-0.25, -0.2) is 0 Å². The number of amides is 1. The van der Waals surface area contributed by atoms with E-state index in [1.165, 1.54) is 12.1 Å². The number of benzene rings is 1. The summed E-state index contributed by atoms with van der Waals surface area (Å²) in [7, 11) is 0. The Labute approximate surface area is 123 Å². The predicted octanol–water partition coefficient (Wildman–Crippen LogP) is 1.34. The minimum absolute atomic E-state index is 0.0299. The van der Waals surface area contributed by atoms with Gasteiger partial charge in [-0.3, -0.25) is 14.9 Å². The van der Waals surface area contributed by atoms with E-state index in [2.05, 4.69) is 10.6 Å². The van der Waals surface area contributed by atoms with Crippen LogP contribution >= 0.6 is 0 Å². The second-order valence-corrected chi connectivity index (χ2v) is 4.97. The normalized spacial score (nSPS) is 10.4. The zero-order valence-corrected chi connectivity index (χ0v) is 12.3. The third-order valence-electron chi connectivity index (χ3n) is 2.59. The molecule has 7 nitrogen and oxygen atoms in total. The molecule has 0 aromatic heterocycles. The molecule has 7 heteroatoms. The molecule has 21 heavy (non-hydrogen) atoms. The topological polar surface area (TPSA) is 93.5 Å². The maximum absolute atomic E-state index is 11.4. The first-order valence-electron chi connectivity index (χ1n) is 6.83. The van der Waals surface area contributed by atoms with Gasteiger partial charge in [0.2, 0.25) is 5.91 Å². The number of ether oxygens (including phenoxy) is 1. The lowest BCUT2D eigenvalue weighted by Gasteiger charge is -2.09. The molecular formula is C14H21N3O4. The highest BCUT2D eigenvalue weighted by Crippen LogP contribution is 2.16. The smallest absolute Gasteiger partial charge is 0.269 e. The number of non-ortho nitro benzene ring substituents is 1. The monoisotopic (exact) mass is 295 g/mol. The summed E-state index contributed by atoms with van der Waals surface area (Å²) in [5.74, 6) is 0.949. The molecular weight excluding hydrogens is 274 g/mol. The Bertz CT molecular complexity index is 460. The van der Waals surface area contributed by atoms with Gasteiger partial charge in [-0.05, 0) is 18.1 Å². The lowest BCUT2D eigenvalue weighted by molar-refractivity contribution is -0.384. The SMILES string of the molecule is CC(C)CNC(=O)CNCCOc1ccc([N+](=O)[O-])cc1. The summed E-state index contributed by atoms with van der Waals surface area (Å²) in [6.07, 6.45) is 0. The molecule has 0 saturated carbocycles. The molecule has 1 amide bonds. The largest absolute Gasteiger partial charge is 0.492 e. The molecule has 0 radical (unpaired) electrons. The lowest BCUT2D eigenvalue weighted by atomic mass is 10.2. The average molecular weight is 295 g/mol. The molecule has 0 fully saturated rings. The number of carbonyl (C=O) groups is 1. The van der Waals surface area contributed by atoms with E-state index < -0.39 is 4.92 Å². The van der Waals surface area contributed by atoms with Crippen molar-refractivity contribution in [1.82, 2.24) is 10.6 Å². The van der Waals surface area contributed by atoms with Crippen LogP contribution in [0.2, 0.25) is 0 Å². The van der Waals surface area contributed by atoms with Gasteiger partial charge in [-0.15, -0.1) is 0 Å². The number of hydrogen-bond acceptors (Lipinski definition) is 5. The Morgan fingerprint density at radius 1 is 1.33 bits per heavy atom. The molecule has 1 aromatic carbocycles. The maximum Gasteiger partial charge on any atom is 0.269 e. The van der Waals surface area contributed by atoms with E-state index in [4.69, 9.17) is 4.74 Å². The fraction of sp³-hybridized carbons (Fsp3) is 0.500. The van der Waals surface area contributed by atoms with E-state index in [-0.39, 0.29) is 18.1 Å². The number of nitrogens with zero attached hydrogens (tertiary/aromatic N) is 1. The molecule has 0 aliphatic rings. The second-order valence-electron chi connectivity index (χ2n) is 4.97. The van der Waals surface area contributed by atoms with Crippen LogP contribution in [0.15, 0.2) is 24.3 Å². The van der Waals surface area contributed by atoms with Crippen molar-refractivity contribution in [3.8, 4) is 5.75 Å². The van der Waals surface area contributed by atoms with Crippen LogP contribution in [0.4, 0.5) is 5.69 Å². The van der Waals surface area contributed by atoms with Crippen molar-refractivity contribution in [2.45, 2.75) is 13.8 Å². The van der Waals surface area contributed by atoms with Crippen molar-refractivity contribution in [2.24, 2.45) is 5.92 Å². The molecule has 1 aromatic rings. The summed E-state index contributed by atoms with van der Waals surface area (Å²) in [6.45, 7) is 5.88. The Balaban J connectivity index is 2.14. The van der Waals surface area contributed by atoms with Gasteiger partial charge in [0.25, 0.3) is 5.69 Å². The van der Waals surface area contributed by atoms with Gasteiger partial charge < -0.3 is 15.4 Å². The second kappa shape index (κ2) is 8.91. The van der Waals surface area contributed by atoms with Crippen LogP contribution in [0.1, 0.15) is 13.8 Å². The molecule has 0 heterocycles. The van der Waals surface area contributed by atoms with E-state index in [9.17, 15) is 14.9 Å². The van der Waals surface area contributed by atoms with Crippen molar-refractivity contribution in [3.63, 3.8) is 0 Å². The summed E-state index contributed by atoms with van der Waals surface area (Å²) < 4.78 is 5.40. The van der Waals surface area contributed by atoms with Crippen LogP contribution in [0, 0.1) is 16.0 Å². The maximum atomic E-state index is 11.4. The van der Waals surface area contributed by atoms with Gasteiger partial charge in [0, 0.05) is 25.2 Å². The summed E-state index contributed by atoms with van der Waals surface area (Å²) >= 11 is 0. The molecule has 0 spiro atoms. The highest BCUT2D eigenvalue weighted by molar-refractivity contribution is 5.77. The Kier molecular flexibility index (Phi) is 7.17. The van der Waals surface area contributed by atoms with Gasteiger partial charge in [-0.2, -0.15) is 0 Å². The Morgan fingerprint density at radius 2 is 2.00 bits per heavy atom. The van der Waals surface area contributed by atoms with E-state index in [0.29, 0.717) is 31.4 Å². The number of nitrogens with one attached hydrogen (secondary N) is 2. The molecule has 0 aliphatic heterocycles. The fourth-order valence-electron chi connectivity index (χ4n) is 1.49. The minimum Gasteiger partial charge on any atom is -0.492 e. The lowest BCUT2D eigenvalue weighted by Crippen LogP contribution is -2.37. The summed E-state index contributed by atoms with van der Waals surface area (Å²) in [5, 5.41) is 16.3. The zero-order chi connectivity index (χ0) is 15.7. The van der Waals surface area contributed by atoms with Crippen molar-refractivity contribution >= 4 is 11.6 Å². The van der Waals surface area contributed by atoms with Crippen molar-refractivity contribution in [2.75, 3.05) is 26.2 Å². The van der Waals surface area contributed by atoms with Crippen molar-refractivity contribution < 1.29 is 14.5 Å². The highest BCUT2D eigenvalue weighted by atomic mass is 16.6. The molecule has 0 aliphatic carbocycles. The molecule has 1 rings (SSSR count). The van der Waals surface area contributed by atoms with Gasteiger partial charge in [0.1, 0.15) is 12.4 Å². The first kappa shape index (κ1) is 16.9. The quantitative estimate of drug-likeness (QED) is 0.407. The average Bonchev–Trinajstić information content (AvgIpc) is 2.45. The van der Waals surface area contributed by atoms with Crippen LogP contribution in [-0.2, 0) is 4.79 Å². The van der Waals surface area contributed by atoms with Crippen molar-refractivity contribution in [3.05, 3.63) is 34.4 Å². The number of nitro benzene ring substituents is 1. The third kappa shape index (κ3) is 7.26. The van der Waals surface area contributed by atoms with E-state index in [1.54, 1.807) is 12.1 Å². The highest BCUT2D eigenvalue weighted by Gasteiger charge is 2.04. The molecule has 0 bridgehead atoms. The van der Waals surface area contributed by atoms with Crippen LogP contribution in [0.25, 0.3) is 0 Å². The molecule has 2 N–H and O–H groups in total. The van der Waals surface area contributed by atoms with E-state index in [1.807, 2.05) is 13.8 Å². The molecule has 0 atom stereocenters. The van der Waals surface area contributed by atoms with Gasteiger partial charge in [0.05, 0.1) is 11.5 Å². The Hall–Kier alpha value is -2.15. The number of hydrogen-bond donors (Lipinski definition) is 2. The first-order chi connectivity index (χ1) is 9.99. The van der Waals surface area contributed by atoms with Crippen LogP contribution in [-0.4, -0.2) is 37.1 Å². The first-order valence-corrected chi connectivity index (χ1v) is 6.83. The van der Waals surface area contributed by atoms with Crippen LogP contribution < -0.4 is 15.4 Å². The zero-order valence-electron chi connectivity index (χ0n) is 12.3. The van der Waals surface area contributed by atoms with Crippen molar-refractivity contribution in [1.29, 1.82) is 0 Å². The predicted molar refractivity (Wildman–Crippen MR) is 79.3 cm³/mol. The van der Waals surface area contributed by atoms with Gasteiger partial charge in [-0.1, -0.05) is 13.8 Å². The number of rotatable bonds is 9.